The molecule has 0 saturated carbocycles. The number of amides is 1. The molecule has 2 aliphatic heterocycles. The normalized spacial score (nSPS) is 17.4. The number of ether oxygens (including phenoxy) is 1. The van der Waals surface area contributed by atoms with Crippen LogP contribution in [0.4, 0.5) is 13.2 Å². The second kappa shape index (κ2) is 10.5. The molecule has 1 atom stereocenters. The van der Waals surface area contributed by atoms with Crippen molar-refractivity contribution in [1.82, 2.24) is 9.88 Å². The predicted octanol–water partition coefficient (Wildman–Crippen LogP) is 4.59. The van der Waals surface area contributed by atoms with E-state index in [2.05, 4.69) is 4.98 Å². The molecule has 3 N–H and O–H groups in total. The van der Waals surface area contributed by atoms with Gasteiger partial charge in [-0.2, -0.15) is 13.2 Å². The molecule has 0 radical (unpaired) electrons. The molecule has 12 heteroatoms. The molecule has 2 aliphatic rings. The maximum absolute atomic E-state index is 13.3. The molecule has 0 aliphatic carbocycles. The van der Waals surface area contributed by atoms with Crippen LogP contribution in [0.5, 0.6) is 0 Å². The molecule has 2 aromatic rings. The van der Waals surface area contributed by atoms with Crippen molar-refractivity contribution in [3.05, 3.63) is 50.8 Å². The lowest BCUT2D eigenvalue weighted by molar-refractivity contribution is -0.192. The Labute approximate surface area is 203 Å². The topological polar surface area (TPSA) is 106 Å². The molecule has 0 spiro atoms. The number of carboxylic acid groups (broad SMARTS) is 1. The lowest BCUT2D eigenvalue weighted by atomic mass is 9.93. The van der Waals surface area contributed by atoms with E-state index in [1.807, 2.05) is 17.9 Å². The highest BCUT2D eigenvalue weighted by Gasteiger charge is 2.38. The predicted molar refractivity (Wildman–Crippen MR) is 120 cm³/mol. The van der Waals surface area contributed by atoms with E-state index in [4.69, 9.17) is 43.6 Å². The SMILES string of the molecule is Cc1nc2c(c(-c3ccc(Cl)cc3Cl)c1CN)C(=O)N(C[C@@H]1CCCO1)C2.O=C(O)C(F)(F)F. The Morgan fingerprint density at radius 3 is 2.53 bits per heavy atom. The number of nitrogens with two attached hydrogens (primary N) is 1. The zero-order valence-electron chi connectivity index (χ0n) is 18.1. The number of aliphatic carboxylic acids is 1. The summed E-state index contributed by atoms with van der Waals surface area (Å²) < 4.78 is 37.4. The number of benzene rings is 1. The monoisotopic (exact) mass is 519 g/mol. The van der Waals surface area contributed by atoms with E-state index in [0.717, 1.165) is 47.5 Å². The van der Waals surface area contributed by atoms with Crippen LogP contribution in [-0.4, -0.2) is 52.3 Å². The number of aryl methyl sites for hydroxylation is 1. The summed E-state index contributed by atoms with van der Waals surface area (Å²) in [5, 5.41) is 8.17. The van der Waals surface area contributed by atoms with Crippen LogP contribution in [0.25, 0.3) is 11.1 Å². The molecule has 1 aromatic heterocycles. The quantitative estimate of drug-likeness (QED) is 0.611. The third-order valence-electron chi connectivity index (χ3n) is 5.52. The summed E-state index contributed by atoms with van der Waals surface area (Å²) in [7, 11) is 0. The van der Waals surface area contributed by atoms with Gasteiger partial charge < -0.3 is 20.5 Å². The molecular weight excluding hydrogens is 498 g/mol. The maximum atomic E-state index is 13.3. The van der Waals surface area contributed by atoms with Crippen LogP contribution in [0.15, 0.2) is 18.2 Å². The summed E-state index contributed by atoms with van der Waals surface area (Å²) >= 11 is 12.5. The average Bonchev–Trinajstić information content (AvgIpc) is 3.35. The first-order valence-corrected chi connectivity index (χ1v) is 11.1. The second-order valence-electron chi connectivity index (χ2n) is 7.82. The minimum Gasteiger partial charge on any atom is -0.475 e. The average molecular weight is 520 g/mol. The number of carbonyl (C=O) groups excluding carboxylic acids is 1. The van der Waals surface area contributed by atoms with Gasteiger partial charge in [-0.05, 0) is 37.5 Å². The maximum Gasteiger partial charge on any atom is 0.490 e. The van der Waals surface area contributed by atoms with Crippen molar-refractivity contribution in [3.63, 3.8) is 0 Å². The number of hydrogen-bond donors (Lipinski definition) is 2. The Bertz CT molecular complexity index is 1110. The number of carboxylic acids is 1. The number of fused-ring (bicyclic) bond motifs is 1. The van der Waals surface area contributed by atoms with Crippen LogP contribution in [0.1, 0.15) is 40.2 Å². The largest absolute Gasteiger partial charge is 0.490 e. The Kier molecular flexibility index (Phi) is 8.07. The summed E-state index contributed by atoms with van der Waals surface area (Å²) in [6.07, 6.45) is -2.96. The molecule has 7 nitrogen and oxygen atoms in total. The standard InChI is InChI=1S/C20H21Cl2N3O2.C2HF3O2/c1-11-15(8-23)18(14-5-4-12(21)7-16(14)22)19-17(24-11)10-25(20(19)26)9-13-3-2-6-27-13;3-2(4,5)1(6)7/h4-5,7,13H,2-3,6,8-10,23H2,1H3;(H,6,7)/t13-;/m0./s1. The Morgan fingerprint density at radius 1 is 1.32 bits per heavy atom. The van der Waals surface area contributed by atoms with E-state index in [1.54, 1.807) is 12.1 Å². The van der Waals surface area contributed by atoms with E-state index in [9.17, 15) is 18.0 Å². The van der Waals surface area contributed by atoms with Crippen LogP contribution in [0, 0.1) is 6.92 Å². The fraction of sp³-hybridized carbons (Fsp3) is 0.409. The zero-order chi connectivity index (χ0) is 25.2. The Balaban J connectivity index is 0.000000406. The van der Waals surface area contributed by atoms with Crippen molar-refractivity contribution in [2.75, 3.05) is 13.2 Å². The summed E-state index contributed by atoms with van der Waals surface area (Å²) in [4.78, 5) is 28.7. The summed E-state index contributed by atoms with van der Waals surface area (Å²) in [6, 6.07) is 5.30. The van der Waals surface area contributed by atoms with Gasteiger partial charge in [0, 0.05) is 46.6 Å². The first kappa shape index (κ1) is 26.2. The van der Waals surface area contributed by atoms with Gasteiger partial charge in [0.25, 0.3) is 5.91 Å². The fourth-order valence-electron chi connectivity index (χ4n) is 3.98. The fourth-order valence-corrected chi connectivity index (χ4v) is 4.48. The van der Waals surface area contributed by atoms with Gasteiger partial charge in [-0.1, -0.05) is 29.3 Å². The minimum absolute atomic E-state index is 0.0382. The molecule has 184 valence electrons. The summed E-state index contributed by atoms with van der Waals surface area (Å²) in [5.41, 5.74) is 10.6. The number of hydrogen-bond acceptors (Lipinski definition) is 5. The first-order valence-electron chi connectivity index (χ1n) is 10.3. The van der Waals surface area contributed by atoms with Crippen molar-refractivity contribution >= 4 is 35.1 Å². The van der Waals surface area contributed by atoms with Gasteiger partial charge >= 0.3 is 12.1 Å². The van der Waals surface area contributed by atoms with Crippen LogP contribution >= 0.6 is 23.2 Å². The third kappa shape index (κ3) is 5.63. The lowest BCUT2D eigenvalue weighted by Gasteiger charge is -2.20. The van der Waals surface area contributed by atoms with E-state index < -0.39 is 12.1 Å². The van der Waals surface area contributed by atoms with E-state index >= 15 is 0 Å². The lowest BCUT2D eigenvalue weighted by Crippen LogP contribution is -2.32. The Hall–Kier alpha value is -2.40. The van der Waals surface area contributed by atoms with Gasteiger partial charge in [0.2, 0.25) is 0 Å². The molecule has 3 heterocycles. The van der Waals surface area contributed by atoms with Crippen molar-refractivity contribution in [1.29, 1.82) is 0 Å². The highest BCUT2D eigenvalue weighted by molar-refractivity contribution is 6.36. The summed E-state index contributed by atoms with van der Waals surface area (Å²) in [5.74, 6) is -2.80. The van der Waals surface area contributed by atoms with Gasteiger partial charge in [0.1, 0.15) is 0 Å². The van der Waals surface area contributed by atoms with Gasteiger partial charge in [0.15, 0.2) is 0 Å². The van der Waals surface area contributed by atoms with E-state index in [-0.39, 0.29) is 18.6 Å². The van der Waals surface area contributed by atoms with Gasteiger partial charge in [-0.25, -0.2) is 4.79 Å². The van der Waals surface area contributed by atoms with Crippen molar-refractivity contribution in [2.24, 2.45) is 5.73 Å². The molecule has 0 unspecified atom stereocenters. The molecule has 1 fully saturated rings. The minimum atomic E-state index is -5.08. The number of aromatic nitrogens is 1. The van der Waals surface area contributed by atoms with Crippen molar-refractivity contribution in [2.45, 2.75) is 45.1 Å². The zero-order valence-corrected chi connectivity index (χ0v) is 19.6. The number of rotatable bonds is 4. The number of carbonyl (C=O) groups is 2. The third-order valence-corrected chi connectivity index (χ3v) is 6.06. The molecule has 0 bridgehead atoms. The van der Waals surface area contributed by atoms with Gasteiger partial charge in [0.05, 0.1) is 23.9 Å². The molecular formula is C22H22Cl2F3N3O4. The molecule has 1 aromatic carbocycles. The summed E-state index contributed by atoms with van der Waals surface area (Å²) in [6.45, 7) is 4.03. The van der Waals surface area contributed by atoms with Crippen molar-refractivity contribution < 1.29 is 32.6 Å². The van der Waals surface area contributed by atoms with Gasteiger partial charge in [-0.3, -0.25) is 9.78 Å². The molecule has 34 heavy (non-hydrogen) atoms. The first-order chi connectivity index (χ1) is 15.9. The van der Waals surface area contributed by atoms with Crippen molar-refractivity contribution in [3.8, 4) is 11.1 Å². The smallest absolute Gasteiger partial charge is 0.475 e. The number of halogens is 5. The van der Waals surface area contributed by atoms with Crippen LogP contribution in [-0.2, 0) is 22.6 Å². The van der Waals surface area contributed by atoms with E-state index in [0.29, 0.717) is 28.7 Å². The number of alkyl halides is 3. The highest BCUT2D eigenvalue weighted by atomic mass is 35.5. The van der Waals surface area contributed by atoms with Crippen LogP contribution in [0.2, 0.25) is 10.0 Å². The Morgan fingerprint density at radius 2 is 2.00 bits per heavy atom. The molecule has 4 rings (SSSR count). The van der Waals surface area contributed by atoms with Crippen LogP contribution < -0.4 is 5.73 Å². The second-order valence-corrected chi connectivity index (χ2v) is 8.67. The molecule has 1 amide bonds. The molecule has 1 saturated heterocycles. The number of pyridine rings is 1. The van der Waals surface area contributed by atoms with Crippen LogP contribution in [0.3, 0.4) is 0 Å². The highest BCUT2D eigenvalue weighted by Crippen LogP contribution is 2.40. The number of nitrogens with zero attached hydrogens (tertiary/aromatic N) is 2. The van der Waals surface area contributed by atoms with Gasteiger partial charge in [-0.15, -0.1) is 0 Å². The van der Waals surface area contributed by atoms with E-state index in [1.165, 1.54) is 0 Å².